The van der Waals surface area contributed by atoms with E-state index in [4.69, 9.17) is 28.9 Å². The van der Waals surface area contributed by atoms with Gasteiger partial charge in [-0.3, -0.25) is 0 Å². The molecule has 2 aromatic carbocycles. The Balaban J connectivity index is 0.000000194. The molecule has 2 N–H and O–H groups in total. The number of benzene rings is 2. The largest absolute Gasteiger partial charge is 0.383 e. The Labute approximate surface area is 190 Å². The van der Waals surface area contributed by atoms with Crippen LogP contribution in [0.25, 0.3) is 21.8 Å². The topological polar surface area (TPSA) is 77.6 Å². The third kappa shape index (κ3) is 4.71. The molecule has 0 unspecified atom stereocenters. The lowest BCUT2D eigenvalue weighted by molar-refractivity contribution is 1.21. The summed E-state index contributed by atoms with van der Waals surface area (Å²) in [4.78, 5) is 16.1. The Morgan fingerprint density at radius 3 is 2.07 bits per heavy atom. The predicted octanol–water partition coefficient (Wildman–Crippen LogP) is 6.93. The lowest BCUT2D eigenvalue weighted by atomic mass is 10.1. The minimum Gasteiger partial charge on any atom is -0.383 e. The van der Waals surface area contributed by atoms with Crippen molar-refractivity contribution in [3.8, 4) is 0 Å². The van der Waals surface area contributed by atoms with Crippen molar-refractivity contribution >= 4 is 82.7 Å². The van der Waals surface area contributed by atoms with Crippen LogP contribution in [-0.4, -0.2) is 19.9 Å². The number of nitrogens with zero attached hydrogens (tertiary/aromatic N) is 4. The summed E-state index contributed by atoms with van der Waals surface area (Å²) < 4.78 is 1.89. The molecule has 0 saturated carbocycles. The second-order valence-corrected chi connectivity index (χ2v) is 8.01. The molecule has 0 spiro atoms. The molecule has 0 saturated heterocycles. The predicted molar refractivity (Wildman–Crippen MR) is 125 cm³/mol. The Bertz CT molecular complexity index is 1160. The zero-order chi connectivity index (χ0) is 19.7. The van der Waals surface area contributed by atoms with E-state index in [1.54, 1.807) is 6.20 Å². The van der Waals surface area contributed by atoms with Gasteiger partial charge in [-0.2, -0.15) is 0 Å². The third-order valence-corrected chi connectivity index (χ3v) is 6.21. The van der Waals surface area contributed by atoms with E-state index >= 15 is 0 Å². The van der Waals surface area contributed by atoms with Gasteiger partial charge in [0.1, 0.15) is 5.82 Å². The molecule has 5 nitrogen and oxygen atoms in total. The van der Waals surface area contributed by atoms with Crippen molar-refractivity contribution in [2.45, 2.75) is 21.3 Å². The van der Waals surface area contributed by atoms with Crippen LogP contribution < -0.4 is 5.73 Å². The molecule has 0 aliphatic carbocycles. The fourth-order valence-electron chi connectivity index (χ4n) is 2.40. The van der Waals surface area contributed by atoms with Gasteiger partial charge in [-0.15, -0.1) is 0 Å². The van der Waals surface area contributed by atoms with Crippen LogP contribution in [0, 0.1) is 13.8 Å². The summed E-state index contributed by atoms with van der Waals surface area (Å²) in [5, 5.41) is 2.24. The van der Waals surface area contributed by atoms with Crippen molar-refractivity contribution < 1.29 is 0 Å². The van der Waals surface area contributed by atoms with Crippen molar-refractivity contribution in [2.24, 2.45) is 0 Å². The molecule has 0 bridgehead atoms. The van der Waals surface area contributed by atoms with E-state index in [1.807, 2.05) is 38.1 Å². The molecule has 0 fully saturated rings. The van der Waals surface area contributed by atoms with Gasteiger partial charge >= 0.3 is 0 Å². The highest BCUT2D eigenvalue weighted by Gasteiger charge is 2.08. The second-order valence-electron chi connectivity index (χ2n) is 5.74. The summed E-state index contributed by atoms with van der Waals surface area (Å²) in [7, 11) is 0. The molecule has 0 aliphatic heterocycles. The van der Waals surface area contributed by atoms with Gasteiger partial charge in [0.2, 0.25) is 10.6 Å². The number of aryl methyl sites for hydroxylation is 2. The average Bonchev–Trinajstić information content (AvgIpc) is 2.63. The smallest absolute Gasteiger partial charge is 0.224 e. The van der Waals surface area contributed by atoms with Crippen LogP contribution in [0.15, 0.2) is 39.4 Å². The first-order valence-electron chi connectivity index (χ1n) is 7.73. The number of nitrogen functional groups attached to an aromatic ring is 1. The summed E-state index contributed by atoms with van der Waals surface area (Å²) in [6, 6.07) is 7.84. The van der Waals surface area contributed by atoms with Crippen LogP contribution in [0.1, 0.15) is 18.6 Å². The first-order chi connectivity index (χ1) is 12.8. The van der Waals surface area contributed by atoms with Gasteiger partial charge in [-0.1, -0.05) is 25.6 Å². The van der Waals surface area contributed by atoms with E-state index in [1.165, 1.54) is 0 Å². The van der Waals surface area contributed by atoms with Crippen LogP contribution in [0.3, 0.4) is 0 Å². The Morgan fingerprint density at radius 1 is 0.821 bits per heavy atom. The summed E-state index contributed by atoms with van der Waals surface area (Å²) >= 11 is 18.3. The number of hydrogen-bond donors (Lipinski definition) is 1. The monoisotopic (exact) mass is 543 g/mol. The molecule has 0 aliphatic rings. The molecular formula is C19H17Br2Cl2N5. The maximum absolute atomic E-state index is 5.73. The van der Waals surface area contributed by atoms with E-state index in [0.29, 0.717) is 5.82 Å². The Hall–Kier alpha value is -1.54. The van der Waals surface area contributed by atoms with E-state index < -0.39 is 0 Å². The minimum absolute atomic E-state index is 0. The molecular weight excluding hydrogens is 529 g/mol. The highest BCUT2D eigenvalue weighted by molar-refractivity contribution is 9.11. The van der Waals surface area contributed by atoms with Crippen LogP contribution in [-0.2, 0) is 0 Å². The van der Waals surface area contributed by atoms with Crippen molar-refractivity contribution in [1.29, 1.82) is 0 Å². The molecule has 0 radical (unpaired) electrons. The SMILES string of the molecule is C.Cc1ccc2c(N)nc(Cl)nc2c1Br.Cc1ccc2cnc(Cl)nc2c1Br. The number of anilines is 1. The van der Waals surface area contributed by atoms with Crippen molar-refractivity contribution in [3.05, 3.63) is 61.1 Å². The summed E-state index contributed by atoms with van der Waals surface area (Å²) in [6.07, 6.45) is 1.72. The summed E-state index contributed by atoms with van der Waals surface area (Å²) in [5.74, 6) is 0.403. The highest BCUT2D eigenvalue weighted by Crippen LogP contribution is 2.29. The lowest BCUT2D eigenvalue weighted by Gasteiger charge is -2.05. The second kappa shape index (κ2) is 9.31. The van der Waals surface area contributed by atoms with E-state index in [0.717, 1.165) is 41.9 Å². The number of fused-ring (bicyclic) bond motifs is 2. The zero-order valence-corrected chi connectivity index (χ0v) is 18.9. The number of aromatic nitrogens is 4. The quantitative estimate of drug-likeness (QED) is 0.242. The lowest BCUT2D eigenvalue weighted by Crippen LogP contribution is -1.96. The van der Waals surface area contributed by atoms with Gasteiger partial charge in [-0.25, -0.2) is 19.9 Å². The molecule has 0 atom stereocenters. The number of rotatable bonds is 0. The third-order valence-electron chi connectivity index (χ3n) is 3.86. The molecule has 2 heterocycles. The van der Waals surface area contributed by atoms with Gasteiger partial charge in [-0.05, 0) is 86.1 Å². The first-order valence-corrected chi connectivity index (χ1v) is 10.1. The summed E-state index contributed by atoms with van der Waals surface area (Å²) in [6.45, 7) is 4.00. The van der Waals surface area contributed by atoms with Crippen molar-refractivity contribution in [1.82, 2.24) is 19.9 Å². The highest BCUT2D eigenvalue weighted by atomic mass is 79.9. The van der Waals surface area contributed by atoms with E-state index in [-0.39, 0.29) is 18.0 Å². The van der Waals surface area contributed by atoms with Crippen molar-refractivity contribution in [3.63, 3.8) is 0 Å². The van der Waals surface area contributed by atoms with Crippen LogP contribution in [0.2, 0.25) is 10.6 Å². The molecule has 4 rings (SSSR count). The first kappa shape index (κ1) is 22.7. The summed E-state index contributed by atoms with van der Waals surface area (Å²) in [5.41, 5.74) is 9.56. The Kier molecular flexibility index (Phi) is 7.56. The fourth-order valence-corrected chi connectivity index (χ4v) is 3.59. The standard InChI is InChI=1S/C9H7BrClN3.C9H6BrClN2.CH4/c1-4-2-3-5-7(6(4)10)13-9(11)14-8(5)12;1-5-2-3-6-4-12-9(11)13-8(6)7(5)10;/h2-3H,1H3,(H2,12,13,14);2-4H,1H3;1H4. The number of hydrogen-bond acceptors (Lipinski definition) is 5. The van der Waals surface area contributed by atoms with E-state index in [2.05, 4.69) is 51.8 Å². The van der Waals surface area contributed by atoms with E-state index in [9.17, 15) is 0 Å². The fraction of sp³-hybridized carbons (Fsp3) is 0.158. The number of nitrogens with two attached hydrogens (primary N) is 1. The van der Waals surface area contributed by atoms with Crippen molar-refractivity contribution in [2.75, 3.05) is 5.73 Å². The molecule has 2 aromatic heterocycles. The maximum Gasteiger partial charge on any atom is 0.224 e. The molecule has 4 aromatic rings. The van der Waals surface area contributed by atoms with Gasteiger partial charge in [0.15, 0.2) is 0 Å². The normalized spacial score (nSPS) is 10.4. The molecule has 0 amide bonds. The molecule has 146 valence electrons. The van der Waals surface area contributed by atoms with Crippen LogP contribution in [0.5, 0.6) is 0 Å². The zero-order valence-electron chi connectivity index (χ0n) is 14.3. The van der Waals surface area contributed by atoms with Gasteiger partial charge in [0, 0.05) is 25.9 Å². The van der Waals surface area contributed by atoms with Crippen LogP contribution >= 0.6 is 55.1 Å². The average molecular weight is 546 g/mol. The Morgan fingerprint density at radius 2 is 1.39 bits per heavy atom. The van der Waals surface area contributed by atoms with Gasteiger partial charge in [0.25, 0.3) is 0 Å². The minimum atomic E-state index is 0. The van der Waals surface area contributed by atoms with Gasteiger partial charge < -0.3 is 5.73 Å². The van der Waals surface area contributed by atoms with Crippen LogP contribution in [0.4, 0.5) is 5.82 Å². The molecule has 9 heteroatoms. The number of halogens is 4. The molecule has 28 heavy (non-hydrogen) atoms. The maximum atomic E-state index is 5.73. The van der Waals surface area contributed by atoms with Gasteiger partial charge in [0.05, 0.1) is 11.0 Å².